The fraction of sp³-hybridized carbons (Fsp3) is 0.500. The molecule has 2 rings (SSSR count). The summed E-state index contributed by atoms with van der Waals surface area (Å²) in [4.78, 5) is 13.2. The molecule has 6 heteroatoms. The first kappa shape index (κ1) is 11.3. The van der Waals surface area contributed by atoms with Gasteiger partial charge in [0.1, 0.15) is 11.6 Å². The van der Waals surface area contributed by atoms with Crippen LogP contribution in [0, 0.1) is 0 Å². The van der Waals surface area contributed by atoms with Gasteiger partial charge in [-0.05, 0) is 12.1 Å². The van der Waals surface area contributed by atoms with Gasteiger partial charge in [-0.1, -0.05) is 0 Å². The molecule has 1 amide bonds. The van der Waals surface area contributed by atoms with Gasteiger partial charge in [0, 0.05) is 25.0 Å². The van der Waals surface area contributed by atoms with Crippen LogP contribution in [0.25, 0.3) is 0 Å². The fourth-order valence-electron chi connectivity index (χ4n) is 1.41. The van der Waals surface area contributed by atoms with E-state index in [0.717, 1.165) is 17.3 Å². The van der Waals surface area contributed by atoms with Crippen molar-refractivity contribution in [2.75, 3.05) is 32.1 Å². The second-order valence-corrected chi connectivity index (χ2v) is 4.46. The fourth-order valence-corrected chi connectivity index (χ4v) is 2.21. The zero-order valence-electron chi connectivity index (χ0n) is 8.83. The van der Waals surface area contributed by atoms with Crippen molar-refractivity contribution in [3.63, 3.8) is 0 Å². The molecule has 0 N–H and O–H groups in total. The number of morpholine rings is 1. The summed E-state index contributed by atoms with van der Waals surface area (Å²) in [5.41, 5.74) is 0. The summed E-state index contributed by atoms with van der Waals surface area (Å²) in [7, 11) is 0. The summed E-state index contributed by atoms with van der Waals surface area (Å²) in [6.45, 7) is 2.29. The minimum absolute atomic E-state index is 0.0750. The maximum absolute atomic E-state index is 11.4. The summed E-state index contributed by atoms with van der Waals surface area (Å²) in [6.07, 6.45) is 1.65. The number of aromatic nitrogens is 2. The van der Waals surface area contributed by atoms with Gasteiger partial charge in [0.05, 0.1) is 6.61 Å². The van der Waals surface area contributed by atoms with Gasteiger partial charge >= 0.3 is 0 Å². The average molecular weight is 239 g/mol. The Kier molecular flexibility index (Phi) is 4.12. The lowest BCUT2D eigenvalue weighted by Crippen LogP contribution is -2.42. The van der Waals surface area contributed by atoms with Crippen LogP contribution >= 0.6 is 11.8 Å². The van der Waals surface area contributed by atoms with Crippen molar-refractivity contribution < 1.29 is 9.53 Å². The number of thioether (sulfide) groups is 1. The van der Waals surface area contributed by atoms with E-state index in [-0.39, 0.29) is 12.5 Å². The number of hydrogen-bond acceptors (Lipinski definition) is 5. The molecule has 0 aromatic carbocycles. The second kappa shape index (κ2) is 5.81. The van der Waals surface area contributed by atoms with E-state index in [1.807, 2.05) is 17.0 Å². The van der Waals surface area contributed by atoms with E-state index in [4.69, 9.17) is 4.74 Å². The van der Waals surface area contributed by atoms with Crippen LogP contribution in [0.5, 0.6) is 0 Å². The third-order valence-electron chi connectivity index (χ3n) is 2.24. The van der Waals surface area contributed by atoms with Gasteiger partial charge in [0.15, 0.2) is 0 Å². The normalized spacial score (nSPS) is 16.5. The molecule has 0 unspecified atom stereocenters. The zero-order chi connectivity index (χ0) is 11.2. The molecule has 0 atom stereocenters. The predicted molar refractivity (Wildman–Crippen MR) is 60.2 cm³/mol. The van der Waals surface area contributed by atoms with E-state index in [2.05, 4.69) is 10.2 Å². The highest BCUT2D eigenvalue weighted by Gasteiger charge is 2.17. The summed E-state index contributed by atoms with van der Waals surface area (Å²) in [5.74, 6) is 0.913. The molecule has 0 saturated carbocycles. The number of hydrogen-bond donors (Lipinski definition) is 0. The van der Waals surface area contributed by atoms with Gasteiger partial charge < -0.3 is 9.64 Å². The topological polar surface area (TPSA) is 55.3 Å². The van der Waals surface area contributed by atoms with Gasteiger partial charge in [-0.15, -0.1) is 16.9 Å². The van der Waals surface area contributed by atoms with E-state index in [9.17, 15) is 4.79 Å². The van der Waals surface area contributed by atoms with Crippen LogP contribution in [0.15, 0.2) is 23.4 Å². The van der Waals surface area contributed by atoms with Gasteiger partial charge in [0.2, 0.25) is 5.91 Å². The van der Waals surface area contributed by atoms with Crippen molar-refractivity contribution in [2.45, 2.75) is 5.03 Å². The van der Waals surface area contributed by atoms with E-state index < -0.39 is 0 Å². The van der Waals surface area contributed by atoms with Crippen LogP contribution in [-0.2, 0) is 9.53 Å². The van der Waals surface area contributed by atoms with Crippen LogP contribution in [0.3, 0.4) is 0 Å². The Balaban J connectivity index is 1.73. The van der Waals surface area contributed by atoms with E-state index in [0.29, 0.717) is 13.2 Å². The second-order valence-electron chi connectivity index (χ2n) is 3.34. The first-order chi connectivity index (χ1) is 7.86. The van der Waals surface area contributed by atoms with E-state index in [1.165, 1.54) is 0 Å². The lowest BCUT2D eigenvalue weighted by Gasteiger charge is -2.26. The molecule has 0 radical (unpaired) electrons. The molecule has 0 bridgehead atoms. The first-order valence-electron chi connectivity index (χ1n) is 5.12. The molecule has 0 spiro atoms. The molecule has 2 heterocycles. The maximum atomic E-state index is 11.4. The highest BCUT2D eigenvalue weighted by atomic mass is 32.2. The number of ether oxygens (including phenoxy) is 1. The number of nitrogens with zero attached hydrogens (tertiary/aromatic N) is 3. The number of amides is 1. The highest BCUT2D eigenvalue weighted by Crippen LogP contribution is 2.13. The maximum Gasteiger partial charge on any atom is 0.248 e. The highest BCUT2D eigenvalue weighted by molar-refractivity contribution is 7.99. The van der Waals surface area contributed by atoms with Gasteiger partial charge in [-0.2, -0.15) is 5.10 Å². The summed E-state index contributed by atoms with van der Waals surface area (Å²) < 4.78 is 5.06. The predicted octanol–water partition coefficient (Wildman–Crippen LogP) is 0.427. The van der Waals surface area contributed by atoms with Crippen LogP contribution in [0.1, 0.15) is 0 Å². The smallest absolute Gasteiger partial charge is 0.248 e. The van der Waals surface area contributed by atoms with Gasteiger partial charge in [-0.25, -0.2) is 0 Å². The van der Waals surface area contributed by atoms with Gasteiger partial charge in [0.25, 0.3) is 0 Å². The Morgan fingerprint density at radius 3 is 3.25 bits per heavy atom. The third-order valence-corrected chi connectivity index (χ3v) is 3.14. The minimum atomic E-state index is 0.0750. The van der Waals surface area contributed by atoms with Crippen molar-refractivity contribution in [3.05, 3.63) is 18.3 Å². The Morgan fingerprint density at radius 1 is 1.56 bits per heavy atom. The Labute approximate surface area is 98.2 Å². The molecule has 0 aliphatic carbocycles. The number of carbonyl (C=O) groups is 1. The quantitative estimate of drug-likeness (QED) is 0.713. The number of rotatable bonds is 4. The molecule has 1 aromatic rings. The zero-order valence-corrected chi connectivity index (χ0v) is 9.65. The molecule has 1 aliphatic rings. The monoisotopic (exact) mass is 239 g/mol. The molecule has 5 nitrogen and oxygen atoms in total. The van der Waals surface area contributed by atoms with Crippen LogP contribution in [-0.4, -0.2) is 53.1 Å². The molecule has 16 heavy (non-hydrogen) atoms. The molecule has 86 valence electrons. The third kappa shape index (κ3) is 3.18. The van der Waals surface area contributed by atoms with Gasteiger partial charge in [-0.3, -0.25) is 4.79 Å². The molecule has 1 fully saturated rings. The number of carbonyl (C=O) groups excluding carboxylic acids is 1. The Morgan fingerprint density at radius 2 is 2.50 bits per heavy atom. The van der Waals surface area contributed by atoms with Crippen molar-refractivity contribution in [1.29, 1.82) is 0 Å². The molecule has 1 aromatic heterocycles. The van der Waals surface area contributed by atoms with Crippen LogP contribution in [0.2, 0.25) is 0 Å². The van der Waals surface area contributed by atoms with Crippen molar-refractivity contribution in [3.8, 4) is 0 Å². The molecule has 1 aliphatic heterocycles. The Hall–Kier alpha value is -1.14. The molecular weight excluding hydrogens is 226 g/mol. The SMILES string of the molecule is O=C1COCCN1CCSc1cccnn1. The Bertz CT molecular complexity index is 347. The van der Waals surface area contributed by atoms with Crippen LogP contribution < -0.4 is 0 Å². The lowest BCUT2D eigenvalue weighted by atomic mass is 10.4. The first-order valence-corrected chi connectivity index (χ1v) is 6.11. The molecular formula is C10H13N3O2S. The van der Waals surface area contributed by atoms with Crippen molar-refractivity contribution in [1.82, 2.24) is 15.1 Å². The van der Waals surface area contributed by atoms with Crippen molar-refractivity contribution in [2.24, 2.45) is 0 Å². The summed E-state index contributed by atoms with van der Waals surface area (Å²) in [6, 6.07) is 3.77. The van der Waals surface area contributed by atoms with Crippen LogP contribution in [0.4, 0.5) is 0 Å². The van der Waals surface area contributed by atoms with E-state index >= 15 is 0 Å². The summed E-state index contributed by atoms with van der Waals surface area (Å²) >= 11 is 1.61. The molecule has 1 saturated heterocycles. The lowest BCUT2D eigenvalue weighted by molar-refractivity contribution is -0.142. The average Bonchev–Trinajstić information content (AvgIpc) is 2.33. The summed E-state index contributed by atoms with van der Waals surface area (Å²) in [5, 5.41) is 8.65. The van der Waals surface area contributed by atoms with E-state index in [1.54, 1.807) is 18.0 Å². The standard InChI is InChI=1S/C10H13N3O2S/c14-10-8-15-6-4-13(10)5-7-16-9-2-1-3-11-12-9/h1-3H,4-8H2. The van der Waals surface area contributed by atoms with Crippen molar-refractivity contribution >= 4 is 17.7 Å². The largest absolute Gasteiger partial charge is 0.370 e. The minimum Gasteiger partial charge on any atom is -0.370 e.